The first-order valence-electron chi connectivity index (χ1n) is 7.86. The molecule has 0 bridgehead atoms. The van der Waals surface area contributed by atoms with Gasteiger partial charge in [-0.1, -0.05) is 47.5 Å². The molecule has 0 spiro atoms. The van der Waals surface area contributed by atoms with Crippen molar-refractivity contribution in [2.45, 2.75) is 0 Å². The summed E-state index contributed by atoms with van der Waals surface area (Å²) in [6, 6.07) is 13.1. The number of carbonyl (C=O) groups excluding carboxylic acids is 1. The van der Waals surface area contributed by atoms with E-state index in [2.05, 4.69) is 4.99 Å². The van der Waals surface area contributed by atoms with E-state index < -0.39 is 5.97 Å². The van der Waals surface area contributed by atoms with Crippen LogP contribution in [0.1, 0.15) is 11.1 Å². The van der Waals surface area contributed by atoms with Crippen molar-refractivity contribution in [2.75, 3.05) is 19.0 Å². The van der Waals surface area contributed by atoms with E-state index in [0.29, 0.717) is 10.0 Å². The van der Waals surface area contributed by atoms with Gasteiger partial charge in [0, 0.05) is 25.9 Å². The second kappa shape index (κ2) is 7.77. The van der Waals surface area contributed by atoms with E-state index in [0.717, 1.165) is 16.8 Å². The number of benzene rings is 2. The second-order valence-corrected chi connectivity index (χ2v) is 6.62. The van der Waals surface area contributed by atoms with Gasteiger partial charge >= 0.3 is 5.97 Å². The SMILES string of the molecule is CN(C)c1ccc(/C=C2N=C(/C=C/c3cccc(Cl)c3Cl)OC\2=O)cc1. The van der Waals surface area contributed by atoms with E-state index in [1.165, 1.54) is 0 Å². The maximum atomic E-state index is 12.0. The second-order valence-electron chi connectivity index (χ2n) is 5.83. The lowest BCUT2D eigenvalue weighted by Gasteiger charge is -2.11. The molecule has 0 saturated heterocycles. The van der Waals surface area contributed by atoms with Crippen LogP contribution in [0.4, 0.5) is 5.69 Å². The van der Waals surface area contributed by atoms with Crippen LogP contribution in [0.3, 0.4) is 0 Å². The summed E-state index contributed by atoms with van der Waals surface area (Å²) in [5.41, 5.74) is 2.91. The smallest absolute Gasteiger partial charge is 0.363 e. The Balaban J connectivity index is 1.80. The summed E-state index contributed by atoms with van der Waals surface area (Å²) in [7, 11) is 3.94. The first-order valence-corrected chi connectivity index (χ1v) is 8.61. The van der Waals surface area contributed by atoms with Gasteiger partial charge < -0.3 is 9.64 Å². The number of nitrogens with zero attached hydrogens (tertiary/aromatic N) is 2. The number of anilines is 1. The fourth-order valence-corrected chi connectivity index (χ4v) is 2.70. The third-order valence-corrected chi connectivity index (χ3v) is 4.57. The van der Waals surface area contributed by atoms with E-state index in [9.17, 15) is 4.79 Å². The third kappa shape index (κ3) is 4.15. The Morgan fingerprint density at radius 1 is 1.04 bits per heavy atom. The first kappa shape index (κ1) is 18.2. The van der Waals surface area contributed by atoms with E-state index in [1.54, 1.807) is 30.4 Å². The van der Waals surface area contributed by atoms with Gasteiger partial charge in [-0.25, -0.2) is 9.79 Å². The van der Waals surface area contributed by atoms with Crippen molar-refractivity contribution in [3.63, 3.8) is 0 Å². The first-order chi connectivity index (χ1) is 12.4. The summed E-state index contributed by atoms with van der Waals surface area (Å²) >= 11 is 12.1. The lowest BCUT2D eigenvalue weighted by molar-refractivity contribution is -0.129. The van der Waals surface area contributed by atoms with Gasteiger partial charge in [0.05, 0.1) is 10.0 Å². The molecule has 0 N–H and O–H groups in total. The Bertz CT molecular complexity index is 929. The van der Waals surface area contributed by atoms with Gasteiger partial charge in [0.25, 0.3) is 0 Å². The Morgan fingerprint density at radius 3 is 2.46 bits per heavy atom. The third-order valence-electron chi connectivity index (χ3n) is 3.74. The van der Waals surface area contributed by atoms with Crippen molar-refractivity contribution in [3.8, 4) is 0 Å². The number of ether oxygens (including phenoxy) is 1. The van der Waals surface area contributed by atoms with Crippen molar-refractivity contribution in [1.29, 1.82) is 0 Å². The zero-order valence-electron chi connectivity index (χ0n) is 14.2. The molecule has 0 amide bonds. The van der Waals surface area contributed by atoms with E-state index in [-0.39, 0.29) is 11.6 Å². The Kier molecular flexibility index (Phi) is 5.45. The number of halogens is 2. The number of hydrogen-bond donors (Lipinski definition) is 0. The Morgan fingerprint density at radius 2 is 1.77 bits per heavy atom. The van der Waals surface area contributed by atoms with Crippen LogP contribution in [0.25, 0.3) is 12.2 Å². The molecule has 0 unspecified atom stereocenters. The monoisotopic (exact) mass is 386 g/mol. The lowest BCUT2D eigenvalue weighted by atomic mass is 10.1. The zero-order chi connectivity index (χ0) is 18.7. The number of cyclic esters (lactones) is 1. The lowest BCUT2D eigenvalue weighted by Crippen LogP contribution is -2.07. The van der Waals surface area contributed by atoms with Crippen molar-refractivity contribution < 1.29 is 9.53 Å². The van der Waals surface area contributed by atoms with Crippen molar-refractivity contribution in [1.82, 2.24) is 0 Å². The highest BCUT2D eigenvalue weighted by Crippen LogP contribution is 2.27. The Labute approximate surface area is 162 Å². The number of esters is 1. The molecular formula is C20H16Cl2N2O2. The van der Waals surface area contributed by atoms with Crippen LogP contribution in [-0.4, -0.2) is 26.0 Å². The fourth-order valence-electron chi connectivity index (χ4n) is 2.33. The molecule has 2 aromatic rings. The van der Waals surface area contributed by atoms with Crippen molar-refractivity contribution >= 4 is 52.9 Å². The summed E-state index contributed by atoms with van der Waals surface area (Å²) < 4.78 is 5.17. The maximum Gasteiger partial charge on any atom is 0.363 e. The van der Waals surface area contributed by atoms with Gasteiger partial charge in [-0.3, -0.25) is 0 Å². The highest BCUT2D eigenvalue weighted by molar-refractivity contribution is 6.42. The van der Waals surface area contributed by atoms with Gasteiger partial charge in [-0.2, -0.15) is 0 Å². The predicted molar refractivity (Wildman–Crippen MR) is 108 cm³/mol. The molecular weight excluding hydrogens is 371 g/mol. The molecule has 0 aliphatic carbocycles. The molecule has 6 heteroatoms. The molecule has 0 saturated carbocycles. The summed E-state index contributed by atoms with van der Waals surface area (Å²) in [5, 5.41) is 0.896. The maximum absolute atomic E-state index is 12.0. The van der Waals surface area contributed by atoms with Crippen molar-refractivity contribution in [2.24, 2.45) is 4.99 Å². The van der Waals surface area contributed by atoms with Gasteiger partial charge in [-0.15, -0.1) is 0 Å². The molecule has 1 aliphatic rings. The largest absolute Gasteiger partial charge is 0.403 e. The minimum atomic E-state index is -0.487. The van der Waals surface area contributed by atoms with Gasteiger partial charge in [0.15, 0.2) is 5.70 Å². The van der Waals surface area contributed by atoms with E-state index in [4.69, 9.17) is 27.9 Å². The average molecular weight is 387 g/mol. The number of hydrogen-bond acceptors (Lipinski definition) is 4. The van der Waals surface area contributed by atoms with Gasteiger partial charge in [-0.05, 0) is 41.5 Å². The summed E-state index contributed by atoms with van der Waals surface area (Å²) in [4.78, 5) is 18.2. The van der Waals surface area contributed by atoms with E-state index in [1.807, 2.05) is 49.3 Å². The highest BCUT2D eigenvalue weighted by atomic mass is 35.5. The molecule has 1 aliphatic heterocycles. The normalized spacial score (nSPS) is 15.5. The number of rotatable bonds is 4. The standard InChI is InChI=1S/C20H16Cl2N2O2/c1-24(2)15-9-6-13(7-10-15)12-17-20(25)26-18(23-17)11-8-14-4-3-5-16(21)19(14)22/h3-12H,1-2H3/b11-8+,17-12-. The molecule has 0 fully saturated rings. The topological polar surface area (TPSA) is 41.9 Å². The number of aliphatic imine (C=N–C) groups is 1. The fraction of sp³-hybridized carbons (Fsp3) is 0.100. The molecule has 26 heavy (non-hydrogen) atoms. The van der Waals surface area contributed by atoms with Crippen molar-refractivity contribution in [3.05, 3.63) is 75.4 Å². The summed E-state index contributed by atoms with van der Waals surface area (Å²) in [6.45, 7) is 0. The quantitative estimate of drug-likeness (QED) is 0.544. The Hall–Kier alpha value is -2.56. The average Bonchev–Trinajstić information content (AvgIpc) is 2.96. The molecule has 2 aromatic carbocycles. The van der Waals surface area contributed by atoms with Crippen LogP contribution in [0.5, 0.6) is 0 Å². The number of carbonyl (C=O) groups is 1. The molecule has 3 rings (SSSR count). The molecule has 0 atom stereocenters. The van der Waals surface area contributed by atoms with Crippen LogP contribution < -0.4 is 4.90 Å². The predicted octanol–water partition coefficient (Wildman–Crippen LogP) is 5.07. The zero-order valence-corrected chi connectivity index (χ0v) is 15.8. The van der Waals surface area contributed by atoms with Crippen LogP contribution in [0, 0.1) is 0 Å². The van der Waals surface area contributed by atoms with Crippen LogP contribution in [0.2, 0.25) is 10.0 Å². The van der Waals surface area contributed by atoms with Gasteiger partial charge in [0.1, 0.15) is 0 Å². The highest BCUT2D eigenvalue weighted by Gasteiger charge is 2.21. The minimum Gasteiger partial charge on any atom is -0.403 e. The van der Waals surface area contributed by atoms with Crippen LogP contribution in [-0.2, 0) is 9.53 Å². The molecule has 0 aromatic heterocycles. The molecule has 132 valence electrons. The van der Waals surface area contributed by atoms with Crippen LogP contribution in [0.15, 0.2) is 59.2 Å². The van der Waals surface area contributed by atoms with E-state index >= 15 is 0 Å². The molecule has 0 radical (unpaired) electrons. The minimum absolute atomic E-state index is 0.210. The molecule has 1 heterocycles. The summed E-state index contributed by atoms with van der Waals surface area (Å²) in [5.74, 6) is -0.277. The van der Waals surface area contributed by atoms with Gasteiger partial charge in [0.2, 0.25) is 5.90 Å². The summed E-state index contributed by atoms with van der Waals surface area (Å²) in [6.07, 6.45) is 4.98. The van der Waals surface area contributed by atoms with Crippen LogP contribution >= 0.6 is 23.2 Å². The molecule has 4 nitrogen and oxygen atoms in total.